The molecule has 0 bridgehead atoms. The van der Waals surface area contributed by atoms with Crippen molar-refractivity contribution in [2.45, 2.75) is 25.6 Å². The maximum absolute atomic E-state index is 13.5. The van der Waals surface area contributed by atoms with Crippen LogP contribution in [0.4, 0.5) is 11.5 Å². The Kier molecular flexibility index (Phi) is 6.07. The lowest BCUT2D eigenvalue weighted by molar-refractivity contribution is -0.169. The molecule has 35 heavy (non-hydrogen) atoms. The van der Waals surface area contributed by atoms with Crippen molar-refractivity contribution in [3.63, 3.8) is 0 Å². The highest BCUT2D eigenvalue weighted by Crippen LogP contribution is 2.33. The zero-order valence-electron chi connectivity index (χ0n) is 19.4. The Balaban J connectivity index is 1.52. The van der Waals surface area contributed by atoms with Crippen LogP contribution in [0.3, 0.4) is 0 Å². The zero-order chi connectivity index (χ0) is 24.4. The van der Waals surface area contributed by atoms with E-state index in [-0.39, 0.29) is 16.7 Å². The number of carbonyl (C=O) groups excluding carboxylic acids is 1. The third kappa shape index (κ3) is 4.54. The topological polar surface area (TPSA) is 109 Å². The maximum Gasteiger partial charge on any atom is 0.267 e. The first-order chi connectivity index (χ1) is 17.0. The molecule has 178 valence electrons. The fraction of sp³-hybridized carbons (Fsp3) is 0.308. The number of pyridine rings is 1. The second kappa shape index (κ2) is 9.33. The van der Waals surface area contributed by atoms with Crippen molar-refractivity contribution in [3.8, 4) is 6.07 Å². The molecule has 1 aromatic carbocycles. The Morgan fingerprint density at radius 1 is 1.14 bits per heavy atom. The average molecular weight is 472 g/mol. The Morgan fingerprint density at radius 2 is 1.86 bits per heavy atom. The summed E-state index contributed by atoms with van der Waals surface area (Å²) in [6.45, 7) is 4.22. The summed E-state index contributed by atoms with van der Waals surface area (Å²) in [5.41, 5.74) is 1.76. The third-order valence-corrected chi connectivity index (χ3v) is 6.35. The van der Waals surface area contributed by atoms with Crippen LogP contribution in [-0.2, 0) is 14.3 Å². The van der Waals surface area contributed by atoms with Crippen LogP contribution in [0, 0.1) is 18.3 Å². The molecule has 0 saturated carbocycles. The number of nitrogens with one attached hydrogen (secondary N) is 1. The van der Waals surface area contributed by atoms with Crippen LogP contribution < -0.4 is 15.8 Å². The summed E-state index contributed by atoms with van der Waals surface area (Å²) < 4.78 is 13.1. The molecule has 2 saturated heterocycles. The minimum atomic E-state index is -0.592. The lowest BCUT2D eigenvalue weighted by Gasteiger charge is -2.38. The van der Waals surface area contributed by atoms with Crippen LogP contribution in [0.25, 0.3) is 11.7 Å². The Bertz CT molecular complexity index is 1390. The molecule has 0 atom stereocenters. The Hall–Kier alpha value is -4.00. The van der Waals surface area contributed by atoms with E-state index in [0.29, 0.717) is 56.3 Å². The van der Waals surface area contributed by atoms with Crippen LogP contribution in [0.15, 0.2) is 59.0 Å². The minimum absolute atomic E-state index is 0.183. The number of nitriles is 1. The van der Waals surface area contributed by atoms with Crippen molar-refractivity contribution in [3.05, 3.63) is 75.7 Å². The van der Waals surface area contributed by atoms with E-state index in [9.17, 15) is 14.9 Å². The second-order valence-electron chi connectivity index (χ2n) is 8.67. The first kappa shape index (κ1) is 22.8. The second-order valence-corrected chi connectivity index (χ2v) is 8.67. The molecule has 0 aliphatic carbocycles. The zero-order valence-corrected chi connectivity index (χ0v) is 19.4. The van der Waals surface area contributed by atoms with Crippen molar-refractivity contribution in [2.24, 2.45) is 0 Å². The summed E-state index contributed by atoms with van der Waals surface area (Å²) in [6, 6.07) is 14.5. The van der Waals surface area contributed by atoms with Crippen LogP contribution in [0.2, 0.25) is 0 Å². The SMILES string of the molecule is Cc1ccc(NC(=O)C(C#N)=Cc2c(N3CCC4(CC3)OCCO4)nc3ccccn3c2=O)cc1. The van der Waals surface area contributed by atoms with E-state index < -0.39 is 11.7 Å². The predicted molar refractivity (Wildman–Crippen MR) is 131 cm³/mol. The Labute approximate surface area is 202 Å². The quantitative estimate of drug-likeness (QED) is 0.460. The summed E-state index contributed by atoms with van der Waals surface area (Å²) in [5.74, 6) is -0.737. The van der Waals surface area contributed by atoms with Gasteiger partial charge < -0.3 is 19.7 Å². The first-order valence-electron chi connectivity index (χ1n) is 11.5. The number of carbonyl (C=O) groups is 1. The number of fused-ring (bicyclic) bond motifs is 1. The molecule has 2 aliphatic rings. The number of benzene rings is 1. The smallest absolute Gasteiger partial charge is 0.267 e. The molecule has 0 radical (unpaired) electrons. The molecule has 9 heteroatoms. The van der Waals surface area contributed by atoms with Crippen molar-refractivity contribution in [2.75, 3.05) is 36.5 Å². The van der Waals surface area contributed by atoms with E-state index >= 15 is 0 Å². The van der Waals surface area contributed by atoms with Crippen LogP contribution in [-0.4, -0.2) is 47.4 Å². The van der Waals surface area contributed by atoms with Gasteiger partial charge in [0.15, 0.2) is 5.79 Å². The summed E-state index contributed by atoms with van der Waals surface area (Å²) in [4.78, 5) is 33.1. The van der Waals surface area contributed by atoms with Crippen LogP contribution in [0.5, 0.6) is 0 Å². The molecule has 3 aromatic rings. The number of piperidine rings is 1. The molecule has 2 aromatic heterocycles. The van der Waals surface area contributed by atoms with Crippen molar-refractivity contribution in [1.82, 2.24) is 9.38 Å². The van der Waals surface area contributed by atoms with Gasteiger partial charge in [-0.25, -0.2) is 4.98 Å². The fourth-order valence-electron chi connectivity index (χ4n) is 4.43. The number of aryl methyl sites for hydroxylation is 1. The Morgan fingerprint density at radius 3 is 2.54 bits per heavy atom. The number of anilines is 2. The molecule has 9 nitrogen and oxygen atoms in total. The van der Waals surface area contributed by atoms with Gasteiger partial charge >= 0.3 is 0 Å². The van der Waals surface area contributed by atoms with Gasteiger partial charge in [0, 0.05) is 37.8 Å². The lowest BCUT2D eigenvalue weighted by Crippen LogP contribution is -2.46. The molecule has 0 unspecified atom stereocenters. The van der Waals surface area contributed by atoms with Crippen LogP contribution in [0.1, 0.15) is 24.0 Å². The molecule has 1 N–H and O–H groups in total. The molecule has 2 aliphatic heterocycles. The van der Waals surface area contributed by atoms with Gasteiger partial charge in [-0.15, -0.1) is 0 Å². The molecule has 2 fully saturated rings. The minimum Gasteiger partial charge on any atom is -0.355 e. The highest BCUT2D eigenvalue weighted by molar-refractivity contribution is 6.10. The highest BCUT2D eigenvalue weighted by Gasteiger charge is 2.40. The van der Waals surface area contributed by atoms with Gasteiger partial charge in [-0.1, -0.05) is 23.8 Å². The third-order valence-electron chi connectivity index (χ3n) is 6.35. The maximum atomic E-state index is 13.5. The van der Waals surface area contributed by atoms with E-state index in [1.807, 2.05) is 36.1 Å². The normalized spacial score (nSPS) is 17.5. The standard InChI is InChI=1S/C26H25N5O4/c1-18-5-7-20(8-6-18)28-24(32)19(17-27)16-21-23(29-22-4-2-3-11-31(22)25(21)33)30-12-9-26(10-13-30)34-14-15-35-26/h2-8,11,16H,9-10,12-15H2,1H3,(H,28,32). The molecular formula is C26H25N5O4. The monoisotopic (exact) mass is 471 g/mol. The summed E-state index contributed by atoms with van der Waals surface area (Å²) >= 11 is 0. The van der Waals surface area contributed by atoms with E-state index in [1.54, 1.807) is 30.5 Å². The summed E-state index contributed by atoms with van der Waals surface area (Å²) in [6.07, 6.45) is 4.21. The number of hydrogen-bond acceptors (Lipinski definition) is 7. The first-order valence-corrected chi connectivity index (χ1v) is 11.5. The van der Waals surface area contributed by atoms with Crippen molar-refractivity contribution in [1.29, 1.82) is 5.26 Å². The van der Waals surface area contributed by atoms with E-state index in [2.05, 4.69) is 5.32 Å². The van der Waals surface area contributed by atoms with Gasteiger partial charge in [-0.05, 0) is 37.3 Å². The number of nitrogens with zero attached hydrogens (tertiary/aromatic N) is 4. The van der Waals surface area contributed by atoms with E-state index in [1.165, 1.54) is 10.5 Å². The van der Waals surface area contributed by atoms with Crippen LogP contribution >= 0.6 is 0 Å². The lowest BCUT2D eigenvalue weighted by atomic mass is 10.0. The average Bonchev–Trinajstić information content (AvgIpc) is 3.33. The van der Waals surface area contributed by atoms with Gasteiger partial charge in [0.1, 0.15) is 23.1 Å². The number of ether oxygens (including phenoxy) is 2. The summed E-state index contributed by atoms with van der Waals surface area (Å²) in [5, 5.41) is 12.5. The van der Waals surface area contributed by atoms with E-state index in [0.717, 1.165) is 5.56 Å². The molecule has 4 heterocycles. The summed E-state index contributed by atoms with van der Waals surface area (Å²) in [7, 11) is 0. The molecule has 1 spiro atoms. The predicted octanol–water partition coefficient (Wildman–Crippen LogP) is 2.89. The number of aromatic nitrogens is 2. The highest BCUT2D eigenvalue weighted by atomic mass is 16.7. The van der Waals surface area contributed by atoms with Gasteiger partial charge in [0.25, 0.3) is 11.5 Å². The largest absolute Gasteiger partial charge is 0.355 e. The number of hydrogen-bond donors (Lipinski definition) is 1. The van der Waals surface area contributed by atoms with Gasteiger partial charge in [0.2, 0.25) is 0 Å². The molecule has 5 rings (SSSR count). The van der Waals surface area contributed by atoms with E-state index in [4.69, 9.17) is 14.5 Å². The fourth-order valence-corrected chi connectivity index (χ4v) is 4.43. The number of rotatable bonds is 4. The van der Waals surface area contributed by atoms with Crippen molar-refractivity contribution >= 4 is 29.1 Å². The molecular weight excluding hydrogens is 446 g/mol. The van der Waals surface area contributed by atoms with Gasteiger partial charge in [-0.2, -0.15) is 5.26 Å². The number of amides is 1. The molecule has 1 amide bonds. The van der Waals surface area contributed by atoms with Crippen molar-refractivity contribution < 1.29 is 14.3 Å². The van der Waals surface area contributed by atoms with Gasteiger partial charge in [0.05, 0.1) is 18.8 Å². The van der Waals surface area contributed by atoms with Gasteiger partial charge in [-0.3, -0.25) is 14.0 Å².